The number of rotatable bonds is 7. The fraction of sp³-hybridized carbons (Fsp3) is 0.417. The Balaban J connectivity index is 2.39. The van der Waals surface area contributed by atoms with Gasteiger partial charge in [-0.05, 0) is 25.5 Å². The van der Waals surface area contributed by atoms with E-state index in [1.807, 2.05) is 6.92 Å². The summed E-state index contributed by atoms with van der Waals surface area (Å²) in [6.45, 7) is 3.84. The number of hydrogen-bond acceptors (Lipinski definition) is 4. The van der Waals surface area contributed by atoms with Gasteiger partial charge in [0.1, 0.15) is 10.7 Å². The van der Waals surface area contributed by atoms with Crippen LogP contribution >= 0.6 is 12.2 Å². The fourth-order valence-corrected chi connectivity index (χ4v) is 1.41. The first-order valence-electron chi connectivity index (χ1n) is 5.77. The first-order chi connectivity index (χ1) is 8.65. The molecule has 1 rings (SSSR count). The highest BCUT2D eigenvalue weighted by atomic mass is 32.1. The van der Waals surface area contributed by atoms with E-state index in [1.54, 1.807) is 12.1 Å². The molecule has 0 saturated carbocycles. The Hall–Kier alpha value is -1.53. The third-order valence-corrected chi connectivity index (χ3v) is 2.47. The minimum atomic E-state index is -0.207. The molecule has 0 atom stereocenters. The molecule has 1 aromatic heterocycles. The quantitative estimate of drug-likeness (QED) is 0.566. The number of nitrogens with two attached hydrogens (primary N) is 1. The number of aromatic nitrogens is 1. The van der Waals surface area contributed by atoms with Gasteiger partial charge in [0.05, 0.1) is 0 Å². The van der Waals surface area contributed by atoms with Crippen molar-refractivity contribution in [1.82, 2.24) is 10.3 Å². The third kappa shape index (κ3) is 4.77. The Morgan fingerprint density at radius 2 is 2.33 bits per heavy atom. The summed E-state index contributed by atoms with van der Waals surface area (Å²) in [5, 5.41) is 2.76. The van der Waals surface area contributed by atoms with E-state index in [0.717, 1.165) is 6.42 Å². The molecular formula is C12H17N3O2S. The van der Waals surface area contributed by atoms with E-state index in [4.69, 9.17) is 22.7 Å². The molecule has 0 aliphatic carbocycles. The summed E-state index contributed by atoms with van der Waals surface area (Å²) in [7, 11) is 0. The molecule has 1 heterocycles. The van der Waals surface area contributed by atoms with Crippen molar-refractivity contribution < 1.29 is 9.53 Å². The van der Waals surface area contributed by atoms with Crippen LogP contribution in [0.25, 0.3) is 0 Å². The predicted molar refractivity (Wildman–Crippen MR) is 73.6 cm³/mol. The van der Waals surface area contributed by atoms with Gasteiger partial charge in [-0.3, -0.25) is 9.78 Å². The molecule has 0 aliphatic rings. The van der Waals surface area contributed by atoms with E-state index in [9.17, 15) is 4.79 Å². The standard InChI is InChI=1S/C12H17N3O2S/c1-2-17-7-3-6-14-12(16)10-5-4-9(8-15-10)11(13)18/h4-5,8H,2-3,6-7H2,1H3,(H2,13,18)(H,14,16). The van der Waals surface area contributed by atoms with Crippen molar-refractivity contribution in [2.24, 2.45) is 5.73 Å². The first-order valence-corrected chi connectivity index (χ1v) is 6.17. The highest BCUT2D eigenvalue weighted by Crippen LogP contribution is 2.00. The second kappa shape index (κ2) is 7.73. The smallest absolute Gasteiger partial charge is 0.269 e. The fourth-order valence-electron chi connectivity index (χ4n) is 1.28. The van der Waals surface area contributed by atoms with Crippen molar-refractivity contribution >= 4 is 23.1 Å². The Morgan fingerprint density at radius 3 is 2.89 bits per heavy atom. The lowest BCUT2D eigenvalue weighted by Crippen LogP contribution is -2.26. The molecule has 3 N–H and O–H groups in total. The molecule has 1 aromatic rings. The number of hydrogen-bond donors (Lipinski definition) is 2. The van der Waals surface area contributed by atoms with Gasteiger partial charge in [-0.2, -0.15) is 0 Å². The Bertz CT molecular complexity index is 406. The zero-order valence-electron chi connectivity index (χ0n) is 10.3. The van der Waals surface area contributed by atoms with Crippen LogP contribution in [0.15, 0.2) is 18.3 Å². The van der Waals surface area contributed by atoms with Gasteiger partial charge in [0.2, 0.25) is 0 Å². The molecule has 98 valence electrons. The van der Waals surface area contributed by atoms with Gasteiger partial charge in [-0.25, -0.2) is 0 Å². The van der Waals surface area contributed by atoms with Crippen LogP contribution in [0.1, 0.15) is 29.4 Å². The molecule has 18 heavy (non-hydrogen) atoms. The normalized spacial score (nSPS) is 10.1. The van der Waals surface area contributed by atoms with Crippen LogP contribution in [0.5, 0.6) is 0 Å². The summed E-state index contributed by atoms with van der Waals surface area (Å²) in [5.74, 6) is -0.207. The predicted octanol–water partition coefficient (Wildman–Crippen LogP) is 0.872. The largest absolute Gasteiger partial charge is 0.389 e. The summed E-state index contributed by atoms with van der Waals surface area (Å²) in [6, 6.07) is 3.29. The molecular weight excluding hydrogens is 250 g/mol. The Morgan fingerprint density at radius 1 is 1.56 bits per heavy atom. The maximum absolute atomic E-state index is 11.7. The Labute approximate surface area is 112 Å². The maximum atomic E-state index is 11.7. The second-order valence-electron chi connectivity index (χ2n) is 3.60. The highest BCUT2D eigenvalue weighted by Gasteiger charge is 2.06. The molecule has 0 bridgehead atoms. The molecule has 1 amide bonds. The minimum absolute atomic E-state index is 0.207. The average Bonchev–Trinajstić information content (AvgIpc) is 2.38. The van der Waals surface area contributed by atoms with Gasteiger partial charge >= 0.3 is 0 Å². The molecule has 0 spiro atoms. The summed E-state index contributed by atoms with van der Waals surface area (Å²) in [6.07, 6.45) is 2.28. The van der Waals surface area contributed by atoms with Gasteiger partial charge in [-0.1, -0.05) is 12.2 Å². The maximum Gasteiger partial charge on any atom is 0.269 e. The lowest BCUT2D eigenvalue weighted by molar-refractivity contribution is 0.0939. The van der Waals surface area contributed by atoms with Crippen molar-refractivity contribution in [2.45, 2.75) is 13.3 Å². The number of carbonyl (C=O) groups is 1. The second-order valence-corrected chi connectivity index (χ2v) is 4.04. The third-order valence-electron chi connectivity index (χ3n) is 2.24. The molecule has 0 aliphatic heterocycles. The van der Waals surface area contributed by atoms with Gasteiger partial charge < -0.3 is 15.8 Å². The van der Waals surface area contributed by atoms with Gasteiger partial charge in [0.15, 0.2) is 0 Å². The van der Waals surface area contributed by atoms with Crippen molar-refractivity contribution in [3.63, 3.8) is 0 Å². The molecule has 0 unspecified atom stereocenters. The number of amides is 1. The summed E-state index contributed by atoms with van der Waals surface area (Å²) < 4.78 is 5.17. The monoisotopic (exact) mass is 267 g/mol. The summed E-state index contributed by atoms with van der Waals surface area (Å²) >= 11 is 4.80. The average molecular weight is 267 g/mol. The summed E-state index contributed by atoms with van der Waals surface area (Å²) in [5.41, 5.74) is 6.45. The van der Waals surface area contributed by atoms with Crippen molar-refractivity contribution in [3.8, 4) is 0 Å². The zero-order valence-corrected chi connectivity index (χ0v) is 11.1. The van der Waals surface area contributed by atoms with Gasteiger partial charge in [0.25, 0.3) is 5.91 Å². The number of nitrogens with zero attached hydrogens (tertiary/aromatic N) is 1. The van der Waals surface area contributed by atoms with Crippen LogP contribution in [0.4, 0.5) is 0 Å². The van der Waals surface area contributed by atoms with E-state index >= 15 is 0 Å². The van der Waals surface area contributed by atoms with E-state index in [1.165, 1.54) is 6.20 Å². The van der Waals surface area contributed by atoms with Crippen molar-refractivity contribution in [2.75, 3.05) is 19.8 Å². The summed E-state index contributed by atoms with van der Waals surface area (Å²) in [4.78, 5) is 16.0. The van der Waals surface area contributed by atoms with Crippen molar-refractivity contribution in [1.29, 1.82) is 0 Å². The number of thiocarbonyl (C=S) groups is 1. The number of nitrogens with one attached hydrogen (secondary N) is 1. The van der Waals surface area contributed by atoms with Crippen LogP contribution in [-0.4, -0.2) is 35.6 Å². The van der Waals surface area contributed by atoms with E-state index in [0.29, 0.717) is 31.0 Å². The SMILES string of the molecule is CCOCCCNC(=O)c1ccc(C(N)=S)cn1. The molecule has 5 nitrogen and oxygen atoms in total. The lowest BCUT2D eigenvalue weighted by atomic mass is 10.2. The first kappa shape index (κ1) is 14.5. The number of ether oxygens (including phenoxy) is 1. The van der Waals surface area contributed by atoms with Gasteiger partial charge in [-0.15, -0.1) is 0 Å². The molecule has 6 heteroatoms. The molecule has 0 radical (unpaired) electrons. The topological polar surface area (TPSA) is 77.2 Å². The van der Waals surface area contributed by atoms with E-state index in [2.05, 4.69) is 10.3 Å². The van der Waals surface area contributed by atoms with Crippen LogP contribution in [-0.2, 0) is 4.74 Å². The van der Waals surface area contributed by atoms with Crippen LogP contribution in [0.3, 0.4) is 0 Å². The minimum Gasteiger partial charge on any atom is -0.389 e. The van der Waals surface area contributed by atoms with E-state index in [-0.39, 0.29) is 10.9 Å². The highest BCUT2D eigenvalue weighted by molar-refractivity contribution is 7.80. The Kier molecular flexibility index (Phi) is 6.24. The molecule has 0 fully saturated rings. The van der Waals surface area contributed by atoms with Gasteiger partial charge in [0, 0.05) is 31.5 Å². The van der Waals surface area contributed by atoms with Crippen molar-refractivity contribution in [3.05, 3.63) is 29.6 Å². The van der Waals surface area contributed by atoms with Crippen LogP contribution in [0.2, 0.25) is 0 Å². The molecule has 0 aromatic carbocycles. The van der Waals surface area contributed by atoms with Crippen LogP contribution in [0, 0.1) is 0 Å². The van der Waals surface area contributed by atoms with E-state index < -0.39 is 0 Å². The van der Waals surface area contributed by atoms with Crippen LogP contribution < -0.4 is 11.1 Å². The molecule has 0 saturated heterocycles. The zero-order chi connectivity index (χ0) is 13.4. The lowest BCUT2D eigenvalue weighted by Gasteiger charge is -2.05. The number of pyridine rings is 1. The number of carbonyl (C=O) groups excluding carboxylic acids is 1.